The van der Waals surface area contributed by atoms with E-state index in [9.17, 15) is 9.90 Å². The highest BCUT2D eigenvalue weighted by atomic mass is 16.3. The summed E-state index contributed by atoms with van der Waals surface area (Å²) < 4.78 is 1.44. The van der Waals surface area contributed by atoms with Crippen molar-refractivity contribution in [2.75, 3.05) is 0 Å². The van der Waals surface area contributed by atoms with E-state index in [1.165, 1.54) is 10.9 Å². The van der Waals surface area contributed by atoms with Gasteiger partial charge in [-0.05, 0) is 25.5 Å². The van der Waals surface area contributed by atoms with Crippen LogP contribution in [0.15, 0.2) is 23.3 Å². The lowest BCUT2D eigenvalue weighted by atomic mass is 10.0. The van der Waals surface area contributed by atoms with Gasteiger partial charge in [-0.25, -0.2) is 4.98 Å². The van der Waals surface area contributed by atoms with Gasteiger partial charge in [0, 0.05) is 12.6 Å². The summed E-state index contributed by atoms with van der Waals surface area (Å²) in [4.78, 5) is 16.1. The lowest BCUT2D eigenvalue weighted by Gasteiger charge is -2.10. The van der Waals surface area contributed by atoms with Gasteiger partial charge < -0.3 is 9.67 Å². The predicted molar refractivity (Wildman–Crippen MR) is 62.4 cm³/mol. The van der Waals surface area contributed by atoms with Gasteiger partial charge in [-0.2, -0.15) is 0 Å². The van der Waals surface area contributed by atoms with Crippen molar-refractivity contribution in [2.45, 2.75) is 20.0 Å². The number of aryl methyl sites for hydroxylation is 2. The molecule has 2 rings (SSSR count). The Morgan fingerprint density at radius 2 is 2.12 bits per heavy atom. The van der Waals surface area contributed by atoms with Crippen molar-refractivity contribution in [3.63, 3.8) is 0 Å². The number of hydrogen-bond acceptors (Lipinski definition) is 3. The molecule has 84 valence electrons. The van der Waals surface area contributed by atoms with Crippen LogP contribution in [0.3, 0.4) is 0 Å². The van der Waals surface area contributed by atoms with Gasteiger partial charge in [0.25, 0.3) is 5.56 Å². The second-order valence-corrected chi connectivity index (χ2v) is 4.09. The number of aliphatic hydroxyl groups is 1. The van der Waals surface area contributed by atoms with Gasteiger partial charge in [-0.3, -0.25) is 4.79 Å². The van der Waals surface area contributed by atoms with E-state index < -0.39 is 6.10 Å². The molecule has 16 heavy (non-hydrogen) atoms. The Kier molecular flexibility index (Phi) is 2.52. The topological polar surface area (TPSA) is 55.1 Å². The van der Waals surface area contributed by atoms with Gasteiger partial charge in [-0.1, -0.05) is 6.07 Å². The SMILES string of the molecule is Cc1cc(C(C)O)c2ncn(C)c(=O)c2c1. The van der Waals surface area contributed by atoms with Crippen LogP contribution in [0.1, 0.15) is 24.2 Å². The number of rotatable bonds is 1. The lowest BCUT2D eigenvalue weighted by molar-refractivity contribution is 0.200. The minimum absolute atomic E-state index is 0.0874. The number of hydrogen-bond donors (Lipinski definition) is 1. The molecule has 0 aliphatic rings. The summed E-state index contributed by atoms with van der Waals surface area (Å²) in [6, 6.07) is 3.66. The van der Waals surface area contributed by atoms with E-state index in [0.29, 0.717) is 16.5 Å². The third-order valence-corrected chi connectivity index (χ3v) is 2.64. The van der Waals surface area contributed by atoms with E-state index in [2.05, 4.69) is 4.98 Å². The molecule has 4 heteroatoms. The summed E-state index contributed by atoms with van der Waals surface area (Å²) in [5.74, 6) is 0. The molecule has 1 heterocycles. The summed E-state index contributed by atoms with van der Waals surface area (Å²) in [5.41, 5.74) is 2.15. The minimum Gasteiger partial charge on any atom is -0.389 e. The predicted octanol–water partition coefficient (Wildman–Crippen LogP) is 1.30. The Hall–Kier alpha value is -1.68. The molecule has 0 fully saturated rings. The molecule has 2 aromatic rings. The molecule has 1 N–H and O–H groups in total. The van der Waals surface area contributed by atoms with E-state index in [0.717, 1.165) is 5.56 Å². The number of fused-ring (bicyclic) bond motifs is 1. The summed E-state index contributed by atoms with van der Waals surface area (Å²) in [6.45, 7) is 3.57. The van der Waals surface area contributed by atoms with Crippen LogP contribution in [0.4, 0.5) is 0 Å². The molecule has 0 amide bonds. The largest absolute Gasteiger partial charge is 0.389 e. The maximum Gasteiger partial charge on any atom is 0.260 e. The lowest BCUT2D eigenvalue weighted by Crippen LogP contribution is -2.18. The van der Waals surface area contributed by atoms with Crippen LogP contribution in [0.5, 0.6) is 0 Å². The van der Waals surface area contributed by atoms with E-state index in [1.54, 1.807) is 20.0 Å². The Morgan fingerprint density at radius 3 is 2.75 bits per heavy atom. The van der Waals surface area contributed by atoms with Gasteiger partial charge in [0.2, 0.25) is 0 Å². The van der Waals surface area contributed by atoms with Gasteiger partial charge in [0.15, 0.2) is 0 Å². The molecular weight excluding hydrogens is 204 g/mol. The van der Waals surface area contributed by atoms with Crippen LogP contribution in [-0.2, 0) is 7.05 Å². The first-order valence-corrected chi connectivity index (χ1v) is 5.14. The molecule has 4 nitrogen and oxygen atoms in total. The minimum atomic E-state index is -0.623. The van der Waals surface area contributed by atoms with Crippen molar-refractivity contribution in [1.82, 2.24) is 9.55 Å². The van der Waals surface area contributed by atoms with Crippen LogP contribution < -0.4 is 5.56 Å². The van der Waals surface area contributed by atoms with Crippen molar-refractivity contribution < 1.29 is 5.11 Å². The fourth-order valence-corrected chi connectivity index (χ4v) is 1.82. The zero-order chi connectivity index (χ0) is 11.9. The molecule has 0 bridgehead atoms. The summed E-state index contributed by atoms with van der Waals surface area (Å²) in [5, 5.41) is 10.2. The number of nitrogens with zero attached hydrogens (tertiary/aromatic N) is 2. The van der Waals surface area contributed by atoms with Crippen LogP contribution >= 0.6 is 0 Å². The molecule has 0 saturated carbocycles. The van der Waals surface area contributed by atoms with E-state index >= 15 is 0 Å². The highest BCUT2D eigenvalue weighted by Crippen LogP contribution is 2.21. The molecule has 1 unspecified atom stereocenters. The molecule has 0 aliphatic heterocycles. The third-order valence-electron chi connectivity index (χ3n) is 2.64. The molecule has 1 atom stereocenters. The van der Waals surface area contributed by atoms with E-state index in [4.69, 9.17) is 0 Å². The van der Waals surface area contributed by atoms with E-state index in [1.807, 2.05) is 13.0 Å². The fraction of sp³-hybridized carbons (Fsp3) is 0.333. The van der Waals surface area contributed by atoms with Gasteiger partial charge in [0.1, 0.15) is 0 Å². The molecule has 0 radical (unpaired) electrons. The number of benzene rings is 1. The zero-order valence-corrected chi connectivity index (χ0v) is 9.56. The van der Waals surface area contributed by atoms with Crippen molar-refractivity contribution in [3.05, 3.63) is 39.9 Å². The number of aliphatic hydroxyl groups excluding tert-OH is 1. The molecule has 0 aliphatic carbocycles. The first kappa shape index (κ1) is 10.8. The first-order valence-electron chi connectivity index (χ1n) is 5.14. The van der Waals surface area contributed by atoms with Crippen molar-refractivity contribution in [1.29, 1.82) is 0 Å². The molecule has 0 spiro atoms. The standard InChI is InChI=1S/C12H14N2O2/c1-7-4-9(8(2)15)11-10(5-7)12(16)14(3)6-13-11/h4-6,8,15H,1-3H3. The average Bonchev–Trinajstić information content (AvgIpc) is 2.23. The van der Waals surface area contributed by atoms with Crippen LogP contribution in [0, 0.1) is 6.92 Å². The monoisotopic (exact) mass is 218 g/mol. The maximum atomic E-state index is 11.9. The van der Waals surface area contributed by atoms with Crippen molar-refractivity contribution in [3.8, 4) is 0 Å². The Bertz CT molecular complexity index is 600. The quantitative estimate of drug-likeness (QED) is 0.784. The summed E-state index contributed by atoms with van der Waals surface area (Å²) >= 11 is 0. The van der Waals surface area contributed by atoms with Crippen molar-refractivity contribution in [2.24, 2.45) is 7.05 Å². The van der Waals surface area contributed by atoms with Crippen LogP contribution in [-0.4, -0.2) is 14.7 Å². The molecule has 1 aromatic heterocycles. The second kappa shape index (κ2) is 3.72. The highest BCUT2D eigenvalue weighted by molar-refractivity contribution is 5.82. The number of aromatic nitrogens is 2. The van der Waals surface area contributed by atoms with E-state index in [-0.39, 0.29) is 5.56 Å². The summed E-state index contributed by atoms with van der Waals surface area (Å²) in [7, 11) is 1.67. The normalized spacial score (nSPS) is 13.0. The second-order valence-electron chi connectivity index (χ2n) is 4.09. The Balaban J connectivity index is 2.95. The zero-order valence-electron chi connectivity index (χ0n) is 9.56. The van der Waals surface area contributed by atoms with Crippen LogP contribution in [0.2, 0.25) is 0 Å². The summed E-state index contributed by atoms with van der Waals surface area (Å²) in [6.07, 6.45) is 0.855. The highest BCUT2D eigenvalue weighted by Gasteiger charge is 2.11. The Morgan fingerprint density at radius 1 is 1.44 bits per heavy atom. The van der Waals surface area contributed by atoms with Crippen molar-refractivity contribution >= 4 is 10.9 Å². The molecule has 1 aromatic carbocycles. The average molecular weight is 218 g/mol. The van der Waals surface area contributed by atoms with Gasteiger partial charge in [-0.15, -0.1) is 0 Å². The molecule has 0 saturated heterocycles. The maximum absolute atomic E-state index is 11.9. The fourth-order valence-electron chi connectivity index (χ4n) is 1.82. The molecular formula is C12H14N2O2. The van der Waals surface area contributed by atoms with Gasteiger partial charge >= 0.3 is 0 Å². The van der Waals surface area contributed by atoms with Crippen LogP contribution in [0.25, 0.3) is 10.9 Å². The first-order chi connectivity index (χ1) is 7.50. The third kappa shape index (κ3) is 1.61. The smallest absolute Gasteiger partial charge is 0.260 e. The van der Waals surface area contributed by atoms with Gasteiger partial charge in [0.05, 0.1) is 23.3 Å². The Labute approximate surface area is 93.2 Å².